The van der Waals surface area contributed by atoms with Gasteiger partial charge in [-0.25, -0.2) is 0 Å². The van der Waals surface area contributed by atoms with Gasteiger partial charge in [-0.2, -0.15) is 0 Å². The van der Waals surface area contributed by atoms with Crippen molar-refractivity contribution in [2.24, 2.45) is 0 Å². The lowest BCUT2D eigenvalue weighted by Gasteiger charge is -2.25. The van der Waals surface area contributed by atoms with Crippen molar-refractivity contribution in [3.8, 4) is 0 Å². The van der Waals surface area contributed by atoms with Gasteiger partial charge in [-0.1, -0.05) is 29.8 Å². The fraction of sp³-hybridized carbons (Fsp3) is 0.579. The maximum atomic E-state index is 12.8. The Morgan fingerprint density at radius 1 is 1.25 bits per heavy atom. The summed E-state index contributed by atoms with van der Waals surface area (Å²) in [5.74, 6) is -0.263. The van der Waals surface area contributed by atoms with Gasteiger partial charge >= 0.3 is 0 Å². The lowest BCUT2D eigenvalue weighted by atomic mass is 9.81. The van der Waals surface area contributed by atoms with Crippen LogP contribution in [-0.4, -0.2) is 42.8 Å². The SMILES string of the molecule is Cc1ccc([C@]2(C)CC(=O)N(CCO[C@@H]3CCCCO3)C2=O)cc1. The molecule has 2 amide bonds. The van der Waals surface area contributed by atoms with Gasteiger partial charge in [0.1, 0.15) is 0 Å². The van der Waals surface area contributed by atoms with Crippen molar-refractivity contribution in [3.05, 3.63) is 35.4 Å². The molecule has 0 bridgehead atoms. The van der Waals surface area contributed by atoms with E-state index >= 15 is 0 Å². The summed E-state index contributed by atoms with van der Waals surface area (Å²) in [7, 11) is 0. The maximum absolute atomic E-state index is 12.8. The molecular formula is C19H25NO4. The number of rotatable bonds is 5. The number of carbonyl (C=O) groups excluding carboxylic acids is 2. The van der Waals surface area contributed by atoms with Gasteiger partial charge in [-0.3, -0.25) is 14.5 Å². The van der Waals surface area contributed by atoms with Crippen molar-refractivity contribution in [1.29, 1.82) is 0 Å². The van der Waals surface area contributed by atoms with Crippen LogP contribution in [0.2, 0.25) is 0 Å². The first-order chi connectivity index (χ1) is 11.5. The molecule has 1 aromatic carbocycles. The Balaban J connectivity index is 1.62. The van der Waals surface area contributed by atoms with Crippen LogP contribution in [-0.2, 0) is 24.5 Å². The number of hydrogen-bond acceptors (Lipinski definition) is 4. The minimum atomic E-state index is -0.772. The summed E-state index contributed by atoms with van der Waals surface area (Å²) in [6.07, 6.45) is 3.06. The smallest absolute Gasteiger partial charge is 0.240 e. The highest BCUT2D eigenvalue weighted by molar-refractivity contribution is 6.08. The summed E-state index contributed by atoms with van der Waals surface area (Å²) in [6.45, 7) is 5.19. The number of aryl methyl sites for hydroxylation is 1. The highest BCUT2D eigenvalue weighted by Gasteiger charge is 2.49. The van der Waals surface area contributed by atoms with Crippen LogP contribution in [0.5, 0.6) is 0 Å². The van der Waals surface area contributed by atoms with E-state index in [9.17, 15) is 9.59 Å². The van der Waals surface area contributed by atoms with Gasteiger partial charge in [0.25, 0.3) is 0 Å². The molecule has 0 N–H and O–H groups in total. The molecule has 2 fully saturated rings. The van der Waals surface area contributed by atoms with Crippen LogP contribution in [0.4, 0.5) is 0 Å². The van der Waals surface area contributed by atoms with E-state index in [1.165, 1.54) is 4.90 Å². The van der Waals surface area contributed by atoms with Crippen LogP contribution in [0.15, 0.2) is 24.3 Å². The third kappa shape index (κ3) is 3.37. The number of amides is 2. The van der Waals surface area contributed by atoms with Gasteiger partial charge in [0.05, 0.1) is 18.6 Å². The van der Waals surface area contributed by atoms with E-state index < -0.39 is 5.41 Å². The average Bonchev–Trinajstić information content (AvgIpc) is 2.80. The molecule has 130 valence electrons. The summed E-state index contributed by atoms with van der Waals surface area (Å²) in [4.78, 5) is 26.5. The van der Waals surface area contributed by atoms with E-state index in [2.05, 4.69) is 0 Å². The highest BCUT2D eigenvalue weighted by atomic mass is 16.7. The molecule has 5 nitrogen and oxygen atoms in total. The predicted molar refractivity (Wildman–Crippen MR) is 89.4 cm³/mol. The standard InChI is InChI=1S/C19H25NO4/c1-14-6-8-15(9-7-14)19(2)13-16(21)20(18(19)22)10-12-24-17-5-3-4-11-23-17/h6-9,17H,3-5,10-13H2,1-2H3/t17-,19+/m1/s1. The molecular weight excluding hydrogens is 306 g/mol. The number of likely N-dealkylation sites (tertiary alicyclic amines) is 1. The van der Waals surface area contributed by atoms with Crippen molar-refractivity contribution in [1.82, 2.24) is 4.90 Å². The summed E-state index contributed by atoms with van der Waals surface area (Å²) in [6, 6.07) is 7.84. The quantitative estimate of drug-likeness (QED) is 0.778. The van der Waals surface area contributed by atoms with Crippen LogP contribution in [0.25, 0.3) is 0 Å². The molecule has 1 aromatic rings. The van der Waals surface area contributed by atoms with E-state index in [4.69, 9.17) is 9.47 Å². The first kappa shape index (κ1) is 17.1. The van der Waals surface area contributed by atoms with Gasteiger partial charge in [-0.05, 0) is 38.7 Å². The summed E-state index contributed by atoms with van der Waals surface area (Å²) in [5.41, 5.74) is 1.26. The van der Waals surface area contributed by atoms with E-state index in [-0.39, 0.29) is 24.5 Å². The highest BCUT2D eigenvalue weighted by Crippen LogP contribution is 2.36. The number of nitrogens with zero attached hydrogens (tertiary/aromatic N) is 1. The Hall–Kier alpha value is -1.72. The zero-order valence-corrected chi connectivity index (χ0v) is 14.4. The monoisotopic (exact) mass is 331 g/mol. The van der Waals surface area contributed by atoms with E-state index in [1.807, 2.05) is 38.1 Å². The number of ether oxygens (including phenoxy) is 2. The van der Waals surface area contributed by atoms with Crippen molar-refractivity contribution in [2.75, 3.05) is 19.8 Å². The molecule has 2 aliphatic rings. The van der Waals surface area contributed by atoms with Crippen molar-refractivity contribution in [3.63, 3.8) is 0 Å². The predicted octanol–water partition coefficient (Wildman–Crippen LogP) is 2.55. The summed E-state index contributed by atoms with van der Waals surface area (Å²) >= 11 is 0. The van der Waals surface area contributed by atoms with Gasteiger partial charge in [0.15, 0.2) is 6.29 Å². The molecule has 24 heavy (non-hydrogen) atoms. The number of imide groups is 1. The summed E-state index contributed by atoms with van der Waals surface area (Å²) < 4.78 is 11.2. The molecule has 5 heteroatoms. The molecule has 0 aromatic heterocycles. The minimum absolute atomic E-state index is 0.128. The average molecular weight is 331 g/mol. The van der Waals surface area contributed by atoms with Crippen molar-refractivity contribution >= 4 is 11.8 Å². The van der Waals surface area contributed by atoms with Crippen LogP contribution in [0, 0.1) is 6.92 Å². The third-order valence-corrected chi connectivity index (χ3v) is 4.97. The van der Waals surface area contributed by atoms with Crippen LogP contribution >= 0.6 is 0 Å². The van der Waals surface area contributed by atoms with E-state index in [0.717, 1.165) is 37.0 Å². The fourth-order valence-corrected chi connectivity index (χ4v) is 3.38. The molecule has 3 rings (SSSR count). The second-order valence-corrected chi connectivity index (χ2v) is 6.89. The van der Waals surface area contributed by atoms with Gasteiger partial charge < -0.3 is 9.47 Å². The molecule has 2 atom stereocenters. The molecule has 0 aliphatic carbocycles. The van der Waals surface area contributed by atoms with Crippen LogP contribution in [0.1, 0.15) is 43.7 Å². The fourth-order valence-electron chi connectivity index (χ4n) is 3.38. The van der Waals surface area contributed by atoms with Crippen LogP contribution < -0.4 is 0 Å². The molecule has 0 spiro atoms. The first-order valence-electron chi connectivity index (χ1n) is 8.66. The van der Waals surface area contributed by atoms with Crippen molar-refractivity contribution in [2.45, 2.75) is 51.2 Å². The molecule has 2 heterocycles. The normalized spacial score (nSPS) is 27.8. The lowest BCUT2D eigenvalue weighted by molar-refractivity contribution is -0.167. The molecule has 0 radical (unpaired) electrons. The van der Waals surface area contributed by atoms with E-state index in [1.54, 1.807) is 0 Å². The van der Waals surface area contributed by atoms with Crippen molar-refractivity contribution < 1.29 is 19.1 Å². The summed E-state index contributed by atoms with van der Waals surface area (Å²) in [5, 5.41) is 0. The Morgan fingerprint density at radius 2 is 2.00 bits per heavy atom. The van der Waals surface area contributed by atoms with E-state index in [0.29, 0.717) is 13.2 Å². The Kier molecular flexibility index (Phi) is 5.01. The molecule has 2 aliphatic heterocycles. The maximum Gasteiger partial charge on any atom is 0.240 e. The first-order valence-corrected chi connectivity index (χ1v) is 8.66. The number of benzene rings is 1. The zero-order chi connectivity index (χ0) is 17.2. The molecule has 0 unspecified atom stereocenters. The third-order valence-electron chi connectivity index (χ3n) is 4.97. The lowest BCUT2D eigenvalue weighted by Crippen LogP contribution is -2.39. The van der Waals surface area contributed by atoms with Crippen LogP contribution in [0.3, 0.4) is 0 Å². The Bertz CT molecular complexity index is 606. The molecule has 2 saturated heterocycles. The zero-order valence-electron chi connectivity index (χ0n) is 14.4. The topological polar surface area (TPSA) is 55.8 Å². The number of hydrogen-bond donors (Lipinski definition) is 0. The van der Waals surface area contributed by atoms with Gasteiger partial charge in [-0.15, -0.1) is 0 Å². The second-order valence-electron chi connectivity index (χ2n) is 6.89. The largest absolute Gasteiger partial charge is 0.353 e. The number of carbonyl (C=O) groups is 2. The Morgan fingerprint density at radius 3 is 2.67 bits per heavy atom. The van der Waals surface area contributed by atoms with Gasteiger partial charge in [0, 0.05) is 13.0 Å². The minimum Gasteiger partial charge on any atom is -0.353 e. The Labute approximate surface area is 142 Å². The second kappa shape index (κ2) is 7.03. The molecule has 0 saturated carbocycles. The van der Waals surface area contributed by atoms with Gasteiger partial charge in [0.2, 0.25) is 11.8 Å².